The lowest BCUT2D eigenvalue weighted by Crippen LogP contribution is -1.98. The summed E-state index contributed by atoms with van der Waals surface area (Å²) < 4.78 is 1.65. The fourth-order valence-electron chi connectivity index (χ4n) is 2.14. The van der Waals surface area contributed by atoms with Crippen molar-refractivity contribution in [3.05, 3.63) is 59.9 Å². The van der Waals surface area contributed by atoms with Gasteiger partial charge in [0.15, 0.2) is 0 Å². The average molecular weight is 282 g/mol. The molecule has 2 heterocycles. The van der Waals surface area contributed by atoms with E-state index in [9.17, 15) is 14.7 Å². The van der Waals surface area contributed by atoms with Crippen LogP contribution in [0.25, 0.3) is 16.9 Å². The van der Waals surface area contributed by atoms with Crippen LogP contribution in [0.5, 0.6) is 0 Å². The Balaban J connectivity index is 2.18. The molecule has 0 fully saturated rings. The predicted octanol–water partition coefficient (Wildman–Crippen LogP) is 2.40. The van der Waals surface area contributed by atoms with Gasteiger partial charge in [0.05, 0.1) is 16.8 Å². The third-order valence-corrected chi connectivity index (χ3v) is 3.14. The van der Waals surface area contributed by atoms with Crippen LogP contribution in [0.1, 0.15) is 20.7 Å². The second-order valence-corrected chi connectivity index (χ2v) is 4.46. The van der Waals surface area contributed by atoms with Crippen molar-refractivity contribution < 1.29 is 19.8 Å². The molecular formula is C15H10N2O4. The quantitative estimate of drug-likeness (QED) is 0.769. The van der Waals surface area contributed by atoms with Crippen molar-refractivity contribution >= 4 is 17.6 Å². The highest BCUT2D eigenvalue weighted by atomic mass is 16.4. The molecule has 0 unspecified atom stereocenters. The van der Waals surface area contributed by atoms with Gasteiger partial charge in [0.25, 0.3) is 0 Å². The van der Waals surface area contributed by atoms with E-state index in [4.69, 9.17) is 5.11 Å². The highest BCUT2D eigenvalue weighted by Crippen LogP contribution is 2.23. The zero-order chi connectivity index (χ0) is 15.0. The van der Waals surface area contributed by atoms with Crippen molar-refractivity contribution in [2.75, 3.05) is 0 Å². The fraction of sp³-hybridized carbons (Fsp3) is 0. The summed E-state index contributed by atoms with van der Waals surface area (Å²) >= 11 is 0. The maximum absolute atomic E-state index is 11.2. The Hall–Kier alpha value is -3.15. The van der Waals surface area contributed by atoms with Gasteiger partial charge < -0.3 is 14.6 Å². The fourth-order valence-corrected chi connectivity index (χ4v) is 2.14. The third kappa shape index (κ3) is 2.23. The Labute approximate surface area is 118 Å². The van der Waals surface area contributed by atoms with Crippen LogP contribution < -0.4 is 0 Å². The number of imidazole rings is 1. The first-order valence-electron chi connectivity index (χ1n) is 6.11. The molecule has 3 rings (SSSR count). The Bertz CT molecular complexity index is 867. The van der Waals surface area contributed by atoms with Crippen LogP contribution in [-0.4, -0.2) is 31.5 Å². The first-order valence-corrected chi connectivity index (χ1v) is 6.11. The summed E-state index contributed by atoms with van der Waals surface area (Å²) in [6, 6.07) is 9.45. The van der Waals surface area contributed by atoms with Gasteiger partial charge in [-0.05, 0) is 18.2 Å². The van der Waals surface area contributed by atoms with E-state index in [0.717, 1.165) is 0 Å². The Morgan fingerprint density at radius 3 is 2.52 bits per heavy atom. The molecule has 0 bridgehead atoms. The third-order valence-electron chi connectivity index (χ3n) is 3.14. The van der Waals surface area contributed by atoms with Crippen molar-refractivity contribution in [2.45, 2.75) is 0 Å². The van der Waals surface area contributed by atoms with Gasteiger partial charge in [-0.2, -0.15) is 0 Å². The average Bonchev–Trinajstić information content (AvgIpc) is 2.89. The van der Waals surface area contributed by atoms with Gasteiger partial charge in [-0.15, -0.1) is 0 Å². The number of hydrogen-bond donors (Lipinski definition) is 2. The zero-order valence-corrected chi connectivity index (χ0v) is 10.7. The first kappa shape index (κ1) is 12.9. The molecular weight excluding hydrogens is 272 g/mol. The molecule has 0 spiro atoms. The Morgan fingerprint density at radius 1 is 1.05 bits per heavy atom. The van der Waals surface area contributed by atoms with E-state index in [2.05, 4.69) is 4.98 Å². The standard InChI is InChI=1S/C15H10N2O4/c18-14(19)9-5-6-17-8-12(16-13(17)7-9)10-3-1-2-4-11(10)15(20)21/h1-8H,(H,18,19)(H,20,21). The molecule has 21 heavy (non-hydrogen) atoms. The minimum atomic E-state index is -1.03. The van der Waals surface area contributed by atoms with E-state index in [1.807, 2.05) is 0 Å². The molecule has 2 aromatic heterocycles. The molecule has 6 heteroatoms. The highest BCUT2D eigenvalue weighted by Gasteiger charge is 2.14. The molecule has 2 N–H and O–H groups in total. The smallest absolute Gasteiger partial charge is 0.336 e. The van der Waals surface area contributed by atoms with Gasteiger partial charge in [0.1, 0.15) is 5.65 Å². The second kappa shape index (κ2) is 4.75. The number of fused-ring (bicyclic) bond motifs is 1. The molecule has 104 valence electrons. The molecule has 0 saturated carbocycles. The number of rotatable bonds is 3. The molecule has 0 aliphatic heterocycles. The van der Waals surface area contributed by atoms with Crippen LogP contribution in [0.4, 0.5) is 0 Å². The summed E-state index contributed by atoms with van der Waals surface area (Å²) in [6.45, 7) is 0. The summed E-state index contributed by atoms with van der Waals surface area (Å²) in [5.74, 6) is -2.07. The maximum atomic E-state index is 11.2. The number of carboxylic acid groups (broad SMARTS) is 2. The number of benzene rings is 1. The maximum Gasteiger partial charge on any atom is 0.336 e. The molecule has 0 aliphatic rings. The lowest BCUT2D eigenvalue weighted by Gasteiger charge is -2.01. The Kier molecular flexibility index (Phi) is 2.91. The largest absolute Gasteiger partial charge is 0.478 e. The van der Waals surface area contributed by atoms with Crippen LogP contribution in [0.3, 0.4) is 0 Å². The van der Waals surface area contributed by atoms with E-state index in [1.165, 1.54) is 18.2 Å². The van der Waals surface area contributed by atoms with E-state index < -0.39 is 11.9 Å². The number of nitrogens with zero attached hydrogens (tertiary/aromatic N) is 2. The van der Waals surface area contributed by atoms with Crippen molar-refractivity contribution in [1.82, 2.24) is 9.38 Å². The molecule has 0 amide bonds. The monoisotopic (exact) mass is 282 g/mol. The van der Waals surface area contributed by atoms with Crippen molar-refractivity contribution in [2.24, 2.45) is 0 Å². The lowest BCUT2D eigenvalue weighted by molar-refractivity contribution is 0.0686. The number of hydrogen-bond acceptors (Lipinski definition) is 3. The Morgan fingerprint density at radius 2 is 1.81 bits per heavy atom. The molecule has 0 saturated heterocycles. The van der Waals surface area contributed by atoms with Gasteiger partial charge in [0.2, 0.25) is 0 Å². The van der Waals surface area contributed by atoms with E-state index in [1.54, 1.807) is 35.0 Å². The number of carboxylic acids is 2. The molecule has 0 radical (unpaired) electrons. The number of pyridine rings is 1. The van der Waals surface area contributed by atoms with Gasteiger partial charge in [-0.1, -0.05) is 18.2 Å². The van der Waals surface area contributed by atoms with Crippen LogP contribution in [0.15, 0.2) is 48.8 Å². The highest BCUT2D eigenvalue weighted by molar-refractivity contribution is 5.95. The zero-order valence-electron chi connectivity index (χ0n) is 10.7. The van der Waals surface area contributed by atoms with Gasteiger partial charge >= 0.3 is 11.9 Å². The second-order valence-electron chi connectivity index (χ2n) is 4.46. The normalized spacial score (nSPS) is 10.7. The SMILES string of the molecule is O=C(O)c1ccn2cc(-c3ccccc3C(=O)O)nc2c1. The molecule has 1 aromatic carbocycles. The summed E-state index contributed by atoms with van der Waals surface area (Å²) in [6.07, 6.45) is 3.25. The molecule has 3 aromatic rings. The first-order chi connectivity index (χ1) is 10.1. The summed E-state index contributed by atoms with van der Waals surface area (Å²) in [7, 11) is 0. The molecule has 6 nitrogen and oxygen atoms in total. The summed E-state index contributed by atoms with van der Waals surface area (Å²) in [4.78, 5) is 26.5. The lowest BCUT2D eigenvalue weighted by atomic mass is 10.1. The number of aromatic nitrogens is 2. The van der Waals surface area contributed by atoms with Crippen LogP contribution in [0.2, 0.25) is 0 Å². The van der Waals surface area contributed by atoms with Gasteiger partial charge in [0, 0.05) is 18.0 Å². The van der Waals surface area contributed by atoms with Crippen molar-refractivity contribution in [3.63, 3.8) is 0 Å². The van der Waals surface area contributed by atoms with Crippen molar-refractivity contribution in [3.8, 4) is 11.3 Å². The van der Waals surface area contributed by atoms with Gasteiger partial charge in [-0.25, -0.2) is 14.6 Å². The van der Waals surface area contributed by atoms with Crippen LogP contribution >= 0.6 is 0 Å². The minimum Gasteiger partial charge on any atom is -0.478 e. The van der Waals surface area contributed by atoms with Gasteiger partial charge in [-0.3, -0.25) is 0 Å². The van der Waals surface area contributed by atoms with Crippen molar-refractivity contribution in [1.29, 1.82) is 0 Å². The topological polar surface area (TPSA) is 91.9 Å². The minimum absolute atomic E-state index is 0.131. The molecule has 0 atom stereocenters. The van der Waals surface area contributed by atoms with Crippen LogP contribution in [0, 0.1) is 0 Å². The number of carbonyl (C=O) groups is 2. The van der Waals surface area contributed by atoms with E-state index >= 15 is 0 Å². The molecule has 0 aliphatic carbocycles. The predicted molar refractivity (Wildman–Crippen MR) is 74.5 cm³/mol. The van der Waals surface area contributed by atoms with E-state index in [-0.39, 0.29) is 11.1 Å². The number of aromatic carboxylic acids is 2. The summed E-state index contributed by atoms with van der Waals surface area (Å²) in [5.41, 5.74) is 1.71. The summed E-state index contributed by atoms with van der Waals surface area (Å²) in [5, 5.41) is 18.2. The van der Waals surface area contributed by atoms with Crippen LogP contribution in [-0.2, 0) is 0 Å². The van der Waals surface area contributed by atoms with E-state index in [0.29, 0.717) is 16.9 Å².